The number of aliphatic imine (C=N–C) groups is 1. The van der Waals surface area contributed by atoms with Gasteiger partial charge < -0.3 is 4.74 Å². The molecule has 0 aliphatic heterocycles. The van der Waals surface area contributed by atoms with Crippen LogP contribution in [0.25, 0.3) is 0 Å². The Morgan fingerprint density at radius 3 is 2.07 bits per heavy atom. The van der Waals surface area contributed by atoms with Gasteiger partial charge in [0.05, 0.1) is 12.8 Å². The Labute approximate surface area is 93.0 Å². The summed E-state index contributed by atoms with van der Waals surface area (Å²) in [6, 6.07) is 7.70. The standard InChI is InChI=1S/C11H15NO.C2H6/c1-9(2)8-12-10-4-6-11(13-3)7-5-10;1-2/h4-9H,1-3H3;1-2H3. The Balaban J connectivity index is 0.000000921. The van der Waals surface area contributed by atoms with Crippen LogP contribution in [0.15, 0.2) is 29.3 Å². The third-order valence-corrected chi connectivity index (χ3v) is 1.59. The topological polar surface area (TPSA) is 21.6 Å². The van der Waals surface area contributed by atoms with E-state index < -0.39 is 0 Å². The van der Waals surface area contributed by atoms with E-state index in [9.17, 15) is 0 Å². The van der Waals surface area contributed by atoms with E-state index in [0.29, 0.717) is 5.92 Å². The van der Waals surface area contributed by atoms with Gasteiger partial charge in [-0.25, -0.2) is 0 Å². The molecule has 0 saturated carbocycles. The summed E-state index contributed by atoms with van der Waals surface area (Å²) < 4.78 is 5.04. The molecule has 1 aromatic rings. The number of ether oxygens (including phenoxy) is 1. The van der Waals surface area contributed by atoms with E-state index in [-0.39, 0.29) is 0 Å². The quantitative estimate of drug-likeness (QED) is 0.684. The monoisotopic (exact) mass is 207 g/mol. The fourth-order valence-electron chi connectivity index (χ4n) is 0.903. The summed E-state index contributed by atoms with van der Waals surface area (Å²) >= 11 is 0. The van der Waals surface area contributed by atoms with Gasteiger partial charge in [-0.1, -0.05) is 27.7 Å². The number of benzene rings is 1. The normalized spacial score (nSPS) is 10.0. The highest BCUT2D eigenvalue weighted by Gasteiger charge is 1.91. The maximum absolute atomic E-state index is 5.04. The minimum Gasteiger partial charge on any atom is -0.497 e. The molecule has 0 aliphatic carbocycles. The Morgan fingerprint density at radius 2 is 1.67 bits per heavy atom. The van der Waals surface area contributed by atoms with Gasteiger partial charge in [0.15, 0.2) is 0 Å². The molecule has 84 valence electrons. The predicted octanol–water partition coefficient (Wildman–Crippen LogP) is 4.08. The van der Waals surface area contributed by atoms with Crippen molar-refractivity contribution in [1.82, 2.24) is 0 Å². The Hall–Kier alpha value is -1.31. The Morgan fingerprint density at radius 1 is 1.13 bits per heavy atom. The van der Waals surface area contributed by atoms with Crippen LogP contribution in [-0.2, 0) is 0 Å². The average Bonchev–Trinajstić information content (AvgIpc) is 2.30. The van der Waals surface area contributed by atoms with Gasteiger partial charge in [-0.05, 0) is 30.2 Å². The van der Waals surface area contributed by atoms with Gasteiger partial charge in [-0.3, -0.25) is 4.99 Å². The lowest BCUT2D eigenvalue weighted by Crippen LogP contribution is -1.85. The van der Waals surface area contributed by atoms with Crippen molar-refractivity contribution in [2.75, 3.05) is 7.11 Å². The molecule has 0 atom stereocenters. The lowest BCUT2D eigenvalue weighted by atomic mass is 10.2. The number of nitrogens with zero attached hydrogens (tertiary/aromatic N) is 1. The van der Waals surface area contributed by atoms with Gasteiger partial charge in [-0.15, -0.1) is 0 Å². The molecule has 0 aliphatic rings. The van der Waals surface area contributed by atoms with Crippen molar-refractivity contribution < 1.29 is 4.74 Å². The molecular formula is C13H21NO. The molecule has 0 amide bonds. The molecule has 0 aromatic heterocycles. The van der Waals surface area contributed by atoms with Crippen LogP contribution in [0.5, 0.6) is 5.75 Å². The van der Waals surface area contributed by atoms with E-state index in [1.807, 2.05) is 44.3 Å². The SMILES string of the molecule is CC.COc1ccc(N=CC(C)C)cc1. The molecule has 1 rings (SSSR count). The van der Waals surface area contributed by atoms with Crippen LogP contribution < -0.4 is 4.74 Å². The molecule has 15 heavy (non-hydrogen) atoms. The number of hydrogen-bond donors (Lipinski definition) is 0. The van der Waals surface area contributed by atoms with E-state index in [1.54, 1.807) is 7.11 Å². The molecule has 0 fully saturated rings. The zero-order chi connectivity index (χ0) is 11.7. The highest BCUT2D eigenvalue weighted by atomic mass is 16.5. The summed E-state index contributed by atoms with van der Waals surface area (Å²) in [5.74, 6) is 1.35. The third-order valence-electron chi connectivity index (χ3n) is 1.59. The molecule has 0 spiro atoms. The van der Waals surface area contributed by atoms with Gasteiger partial charge in [-0.2, -0.15) is 0 Å². The van der Waals surface area contributed by atoms with Gasteiger partial charge >= 0.3 is 0 Å². The lowest BCUT2D eigenvalue weighted by molar-refractivity contribution is 0.415. The number of hydrogen-bond acceptors (Lipinski definition) is 2. The van der Waals surface area contributed by atoms with Crippen molar-refractivity contribution in [3.05, 3.63) is 24.3 Å². The zero-order valence-electron chi connectivity index (χ0n) is 10.3. The first-order valence-corrected chi connectivity index (χ1v) is 5.40. The van der Waals surface area contributed by atoms with Crippen LogP contribution in [0.1, 0.15) is 27.7 Å². The molecular weight excluding hydrogens is 186 g/mol. The maximum Gasteiger partial charge on any atom is 0.119 e. The van der Waals surface area contributed by atoms with Crippen LogP contribution in [0.2, 0.25) is 0 Å². The molecule has 2 heteroatoms. The maximum atomic E-state index is 5.04. The molecule has 0 heterocycles. The van der Waals surface area contributed by atoms with Crippen LogP contribution in [-0.4, -0.2) is 13.3 Å². The second kappa shape index (κ2) is 8.04. The number of methoxy groups -OCH3 is 1. The molecule has 0 saturated heterocycles. The second-order valence-electron chi connectivity index (χ2n) is 3.22. The van der Waals surface area contributed by atoms with E-state index in [0.717, 1.165) is 11.4 Å². The van der Waals surface area contributed by atoms with Crippen molar-refractivity contribution in [3.8, 4) is 5.75 Å². The fourth-order valence-corrected chi connectivity index (χ4v) is 0.903. The highest BCUT2D eigenvalue weighted by Crippen LogP contribution is 2.17. The summed E-state index contributed by atoms with van der Waals surface area (Å²) in [6.07, 6.45) is 1.93. The Kier molecular flexibility index (Phi) is 7.33. The fraction of sp³-hybridized carbons (Fsp3) is 0.462. The molecule has 0 radical (unpaired) electrons. The zero-order valence-corrected chi connectivity index (χ0v) is 10.3. The van der Waals surface area contributed by atoms with Crippen molar-refractivity contribution in [2.45, 2.75) is 27.7 Å². The molecule has 1 aromatic carbocycles. The van der Waals surface area contributed by atoms with Crippen molar-refractivity contribution in [3.63, 3.8) is 0 Å². The summed E-state index contributed by atoms with van der Waals surface area (Å²) in [6.45, 7) is 8.21. The van der Waals surface area contributed by atoms with Crippen LogP contribution in [0.4, 0.5) is 5.69 Å². The summed E-state index contributed by atoms with van der Waals surface area (Å²) in [5, 5.41) is 0. The van der Waals surface area contributed by atoms with Crippen molar-refractivity contribution >= 4 is 11.9 Å². The first-order valence-electron chi connectivity index (χ1n) is 5.40. The average molecular weight is 207 g/mol. The van der Waals surface area contributed by atoms with Gasteiger partial charge in [0.25, 0.3) is 0 Å². The van der Waals surface area contributed by atoms with E-state index in [4.69, 9.17) is 4.74 Å². The summed E-state index contributed by atoms with van der Waals surface area (Å²) in [7, 11) is 1.66. The molecule has 0 unspecified atom stereocenters. The van der Waals surface area contributed by atoms with Crippen molar-refractivity contribution in [2.24, 2.45) is 10.9 Å². The molecule has 2 nitrogen and oxygen atoms in total. The van der Waals surface area contributed by atoms with Gasteiger partial charge in [0, 0.05) is 6.21 Å². The first kappa shape index (κ1) is 13.7. The second-order valence-corrected chi connectivity index (χ2v) is 3.22. The van der Waals surface area contributed by atoms with Crippen molar-refractivity contribution in [1.29, 1.82) is 0 Å². The molecule has 0 N–H and O–H groups in total. The third kappa shape index (κ3) is 5.89. The van der Waals surface area contributed by atoms with Gasteiger partial charge in [0.2, 0.25) is 0 Å². The minimum atomic E-state index is 0.488. The Bertz CT molecular complexity index is 275. The van der Waals surface area contributed by atoms with Crippen LogP contribution in [0, 0.1) is 5.92 Å². The number of rotatable bonds is 3. The predicted molar refractivity (Wildman–Crippen MR) is 67.3 cm³/mol. The van der Waals surface area contributed by atoms with Gasteiger partial charge in [0.1, 0.15) is 5.75 Å². The lowest BCUT2D eigenvalue weighted by Gasteiger charge is -1.99. The van der Waals surface area contributed by atoms with E-state index in [2.05, 4.69) is 18.8 Å². The molecule has 0 bridgehead atoms. The summed E-state index contributed by atoms with van der Waals surface area (Å²) in [4.78, 5) is 4.30. The highest BCUT2D eigenvalue weighted by molar-refractivity contribution is 5.65. The minimum absolute atomic E-state index is 0.488. The summed E-state index contributed by atoms with van der Waals surface area (Å²) in [5.41, 5.74) is 0.967. The van der Waals surface area contributed by atoms with Crippen LogP contribution in [0.3, 0.4) is 0 Å². The van der Waals surface area contributed by atoms with Crippen LogP contribution >= 0.6 is 0 Å². The first-order chi connectivity index (χ1) is 7.22. The smallest absolute Gasteiger partial charge is 0.119 e. The van der Waals surface area contributed by atoms with E-state index in [1.165, 1.54) is 0 Å². The van der Waals surface area contributed by atoms with E-state index >= 15 is 0 Å². The largest absolute Gasteiger partial charge is 0.497 e.